The lowest BCUT2D eigenvalue weighted by Gasteiger charge is -2.44. The molecular formula is C36H49Cl2N3O6S. The highest BCUT2D eigenvalue weighted by atomic mass is 35.5. The topological polar surface area (TPSA) is 83.9 Å². The number of β-amino-alcohol motifs (C(OH)–C–C–N with tert-alkyl or cyclic N) is 1. The van der Waals surface area contributed by atoms with Gasteiger partial charge in [-0.25, -0.2) is 0 Å². The Bertz CT molecular complexity index is 1480. The van der Waals surface area contributed by atoms with E-state index < -0.39 is 10.9 Å². The summed E-state index contributed by atoms with van der Waals surface area (Å²) in [6.07, 6.45) is 0.207. The van der Waals surface area contributed by atoms with Crippen LogP contribution in [0, 0.1) is 5.92 Å². The second-order valence-electron chi connectivity index (χ2n) is 12.2. The fraction of sp³-hybridized carbons (Fsp3) is 0.472. The monoisotopic (exact) mass is 721 g/mol. The molecule has 48 heavy (non-hydrogen) atoms. The number of para-hydroxylation sites is 2. The number of thioether (sulfide) groups is 1. The summed E-state index contributed by atoms with van der Waals surface area (Å²) in [5.74, 6) is 2.61. The predicted molar refractivity (Wildman–Crippen MR) is 197 cm³/mol. The first kappa shape index (κ1) is 39.6. The average Bonchev–Trinajstić information content (AvgIpc) is 3.08. The number of amides is 1. The molecule has 2 aliphatic heterocycles. The molecule has 0 radical (unpaired) electrons. The number of hydrogen-bond donors (Lipinski definition) is 1. The Balaban J connectivity index is 0.00000312. The number of ether oxygens (including phenoxy) is 4. The van der Waals surface area contributed by atoms with Gasteiger partial charge in [-0.1, -0.05) is 44.2 Å². The van der Waals surface area contributed by atoms with E-state index in [2.05, 4.69) is 29.7 Å². The Morgan fingerprint density at radius 3 is 2.08 bits per heavy atom. The number of hydrogen-bond acceptors (Lipinski definition) is 9. The van der Waals surface area contributed by atoms with Crippen LogP contribution in [0.1, 0.15) is 25.0 Å². The van der Waals surface area contributed by atoms with Gasteiger partial charge in [0.25, 0.3) is 0 Å². The molecule has 5 rings (SSSR count). The minimum atomic E-state index is -0.844. The van der Waals surface area contributed by atoms with E-state index in [9.17, 15) is 9.90 Å². The summed E-state index contributed by atoms with van der Waals surface area (Å²) in [5.41, 5.74) is 2.89. The minimum absolute atomic E-state index is 0. The van der Waals surface area contributed by atoms with Crippen LogP contribution in [-0.2, 0) is 16.0 Å². The number of piperazine rings is 1. The Morgan fingerprint density at radius 2 is 1.46 bits per heavy atom. The average molecular weight is 723 g/mol. The molecule has 0 spiro atoms. The van der Waals surface area contributed by atoms with Crippen molar-refractivity contribution in [2.24, 2.45) is 5.92 Å². The number of rotatable bonds is 13. The minimum Gasteiger partial charge on any atom is -0.493 e. The molecule has 3 aromatic carbocycles. The number of halogens is 2. The SMILES string of the molecule is COc1cc(CCN2CCN(CC(O)COc3ccccc3C3(C(C)C)Sc4ccccc4N(C)C3=O)CC2)cc(OC)c1OC.Cl.Cl. The molecule has 2 unspecified atom stereocenters. The number of methoxy groups -OCH3 is 3. The van der Waals surface area contributed by atoms with Gasteiger partial charge < -0.3 is 33.9 Å². The molecule has 2 aliphatic rings. The molecule has 0 aromatic heterocycles. The molecule has 2 atom stereocenters. The van der Waals surface area contributed by atoms with Crippen molar-refractivity contribution >= 4 is 48.2 Å². The van der Waals surface area contributed by atoms with Gasteiger partial charge in [0.15, 0.2) is 11.5 Å². The molecule has 0 aliphatic carbocycles. The van der Waals surface area contributed by atoms with E-state index in [-0.39, 0.29) is 43.2 Å². The fourth-order valence-electron chi connectivity index (χ4n) is 6.44. The quantitative estimate of drug-likeness (QED) is 0.236. The summed E-state index contributed by atoms with van der Waals surface area (Å²) in [6, 6.07) is 19.8. The van der Waals surface area contributed by atoms with Crippen molar-refractivity contribution in [3.8, 4) is 23.0 Å². The summed E-state index contributed by atoms with van der Waals surface area (Å²) >= 11 is 1.60. The standard InChI is InChI=1S/C36H47N3O6S.2ClH/c1-25(2)36(35(41)37(3)29-12-8-10-14-33(29)46-36)28-11-7-9-13-30(28)45-24-27(40)23-39-19-17-38(18-20-39)16-15-26-21-31(42-4)34(44-6)32(22-26)43-5;;/h7-14,21-22,25,27,40H,15-20,23-24H2,1-6H3;2*1H. The highest BCUT2D eigenvalue weighted by molar-refractivity contribution is 8.01. The smallest absolute Gasteiger partial charge is 0.248 e. The van der Waals surface area contributed by atoms with E-state index in [0.29, 0.717) is 29.5 Å². The molecule has 0 saturated carbocycles. The number of fused-ring (bicyclic) bond motifs is 1. The first-order valence-electron chi connectivity index (χ1n) is 15.9. The maximum Gasteiger partial charge on any atom is 0.248 e. The second-order valence-corrected chi connectivity index (χ2v) is 13.5. The molecule has 2 heterocycles. The summed E-state index contributed by atoms with van der Waals surface area (Å²) < 4.78 is 21.9. The summed E-state index contributed by atoms with van der Waals surface area (Å²) in [4.78, 5) is 21.6. The van der Waals surface area contributed by atoms with Crippen LogP contribution in [0.2, 0.25) is 0 Å². The van der Waals surface area contributed by atoms with Gasteiger partial charge in [0, 0.05) is 56.8 Å². The Hall–Kier alpha value is -2.86. The number of nitrogens with zero attached hydrogens (tertiary/aromatic N) is 3. The molecule has 264 valence electrons. The molecule has 1 saturated heterocycles. The van der Waals surface area contributed by atoms with E-state index in [0.717, 1.165) is 60.9 Å². The summed E-state index contributed by atoms with van der Waals surface area (Å²) in [6.45, 7) is 9.36. The lowest BCUT2D eigenvalue weighted by Crippen LogP contribution is -2.50. The Kier molecular flexibility index (Phi) is 14.6. The van der Waals surface area contributed by atoms with Gasteiger partial charge >= 0.3 is 0 Å². The van der Waals surface area contributed by atoms with Gasteiger partial charge in [-0.2, -0.15) is 0 Å². The third kappa shape index (κ3) is 8.29. The lowest BCUT2D eigenvalue weighted by atomic mass is 9.85. The van der Waals surface area contributed by atoms with Crippen molar-refractivity contribution in [3.05, 3.63) is 71.8 Å². The predicted octanol–water partition coefficient (Wildman–Crippen LogP) is 5.78. The van der Waals surface area contributed by atoms with E-state index in [1.54, 1.807) is 38.0 Å². The van der Waals surface area contributed by atoms with Crippen LogP contribution in [0.4, 0.5) is 5.69 Å². The Morgan fingerprint density at radius 1 is 0.854 bits per heavy atom. The number of carbonyl (C=O) groups excluding carboxylic acids is 1. The van der Waals surface area contributed by atoms with Crippen molar-refractivity contribution in [1.82, 2.24) is 9.80 Å². The van der Waals surface area contributed by atoms with Gasteiger partial charge in [-0.05, 0) is 48.2 Å². The highest BCUT2D eigenvalue weighted by Crippen LogP contribution is 2.56. The van der Waals surface area contributed by atoms with E-state index in [4.69, 9.17) is 18.9 Å². The summed E-state index contributed by atoms with van der Waals surface area (Å²) in [5, 5.41) is 11.0. The molecule has 1 N–H and O–H groups in total. The second kappa shape index (κ2) is 17.7. The fourth-order valence-corrected chi connectivity index (χ4v) is 7.98. The molecule has 9 nitrogen and oxygen atoms in total. The van der Waals surface area contributed by atoms with E-state index in [1.165, 1.54) is 0 Å². The van der Waals surface area contributed by atoms with Crippen molar-refractivity contribution in [2.45, 2.75) is 36.0 Å². The van der Waals surface area contributed by atoms with Crippen molar-refractivity contribution in [3.63, 3.8) is 0 Å². The van der Waals surface area contributed by atoms with Gasteiger partial charge in [-0.15, -0.1) is 36.6 Å². The number of aliphatic hydroxyl groups is 1. The zero-order valence-electron chi connectivity index (χ0n) is 28.6. The number of aliphatic hydroxyl groups excluding tert-OH is 1. The molecular weight excluding hydrogens is 673 g/mol. The van der Waals surface area contributed by atoms with Crippen LogP contribution in [0.3, 0.4) is 0 Å². The molecule has 1 amide bonds. The zero-order chi connectivity index (χ0) is 32.8. The maximum absolute atomic E-state index is 14.0. The van der Waals surface area contributed by atoms with Crippen molar-refractivity contribution in [2.75, 3.05) is 79.2 Å². The van der Waals surface area contributed by atoms with Crippen LogP contribution in [0.15, 0.2) is 65.6 Å². The summed E-state index contributed by atoms with van der Waals surface area (Å²) in [7, 11) is 6.73. The van der Waals surface area contributed by atoms with E-state index in [1.807, 2.05) is 61.6 Å². The number of carbonyl (C=O) groups is 1. The van der Waals surface area contributed by atoms with Crippen molar-refractivity contribution in [1.29, 1.82) is 0 Å². The van der Waals surface area contributed by atoms with Crippen molar-refractivity contribution < 1.29 is 28.8 Å². The molecule has 3 aromatic rings. The zero-order valence-corrected chi connectivity index (χ0v) is 31.1. The third-order valence-corrected chi connectivity index (χ3v) is 10.8. The maximum atomic E-state index is 14.0. The number of benzene rings is 3. The highest BCUT2D eigenvalue weighted by Gasteiger charge is 2.51. The largest absolute Gasteiger partial charge is 0.493 e. The molecule has 0 bridgehead atoms. The van der Waals surface area contributed by atoms with Crippen LogP contribution in [-0.4, -0.2) is 101 Å². The first-order valence-corrected chi connectivity index (χ1v) is 16.7. The third-order valence-electron chi connectivity index (χ3n) is 9.03. The normalized spacial score (nSPS) is 18.8. The van der Waals surface area contributed by atoms with Gasteiger partial charge in [0.05, 0.1) is 27.0 Å². The number of anilines is 1. The Labute approximate surface area is 301 Å². The van der Waals surface area contributed by atoms with Crippen LogP contribution in [0.25, 0.3) is 0 Å². The lowest BCUT2D eigenvalue weighted by molar-refractivity contribution is -0.122. The number of likely N-dealkylation sites (N-methyl/N-ethyl adjacent to an activating group) is 1. The van der Waals surface area contributed by atoms with Crippen LogP contribution < -0.4 is 23.8 Å². The van der Waals surface area contributed by atoms with Gasteiger partial charge in [-0.3, -0.25) is 9.69 Å². The van der Waals surface area contributed by atoms with E-state index >= 15 is 0 Å². The first-order chi connectivity index (χ1) is 22.2. The molecule has 12 heteroatoms. The van der Waals surface area contributed by atoms with Gasteiger partial charge in [0.2, 0.25) is 11.7 Å². The van der Waals surface area contributed by atoms with Crippen LogP contribution >= 0.6 is 36.6 Å². The molecule has 1 fully saturated rings. The van der Waals surface area contributed by atoms with Crippen LogP contribution in [0.5, 0.6) is 23.0 Å². The van der Waals surface area contributed by atoms with Gasteiger partial charge in [0.1, 0.15) is 23.2 Å².